The Labute approximate surface area is 150 Å². The van der Waals surface area contributed by atoms with Gasteiger partial charge in [0.2, 0.25) is 0 Å². The number of carboxylic acid groups (broad SMARTS) is 1. The van der Waals surface area contributed by atoms with E-state index in [0.717, 1.165) is 17.7 Å². The van der Waals surface area contributed by atoms with Crippen molar-refractivity contribution in [2.45, 2.75) is 12.5 Å². The van der Waals surface area contributed by atoms with Crippen LogP contribution in [0.3, 0.4) is 0 Å². The highest BCUT2D eigenvalue weighted by Gasteiger charge is 2.30. The van der Waals surface area contributed by atoms with Crippen LogP contribution in [0.4, 0.5) is 0 Å². The van der Waals surface area contributed by atoms with Gasteiger partial charge in [-0.1, -0.05) is 18.2 Å². The minimum absolute atomic E-state index is 0.0113. The largest absolute Gasteiger partial charge is 0.478 e. The van der Waals surface area contributed by atoms with Crippen molar-refractivity contribution < 1.29 is 19.4 Å². The topological polar surface area (TPSA) is 70.1 Å². The molecule has 134 valence electrons. The molecular weight excluding hydrogens is 340 g/mol. The predicted octanol–water partition coefficient (Wildman–Crippen LogP) is 2.39. The van der Waals surface area contributed by atoms with Gasteiger partial charge in [0.25, 0.3) is 5.91 Å². The average molecular weight is 362 g/mol. The molecule has 6 nitrogen and oxygen atoms in total. The molecule has 0 aliphatic carbocycles. The molecule has 1 atom stereocenters. The first kappa shape index (κ1) is 17.8. The molecule has 0 bridgehead atoms. The van der Waals surface area contributed by atoms with E-state index >= 15 is 0 Å². The number of hydrogen-bond acceptors (Lipinski definition) is 5. The Hall–Kier alpha value is -1.96. The second kappa shape index (κ2) is 7.51. The van der Waals surface area contributed by atoms with Crippen molar-refractivity contribution in [2.24, 2.45) is 0 Å². The van der Waals surface area contributed by atoms with Crippen LogP contribution < -0.4 is 0 Å². The number of ether oxygens (including phenoxy) is 1. The zero-order chi connectivity index (χ0) is 18.0. The van der Waals surface area contributed by atoms with E-state index in [9.17, 15) is 14.7 Å². The van der Waals surface area contributed by atoms with Gasteiger partial charge in [-0.05, 0) is 26.6 Å². The van der Waals surface area contributed by atoms with Gasteiger partial charge in [0.15, 0.2) is 0 Å². The summed E-state index contributed by atoms with van der Waals surface area (Å²) >= 11 is 1.25. The summed E-state index contributed by atoms with van der Waals surface area (Å²) in [6.45, 7) is 2.36. The van der Waals surface area contributed by atoms with Crippen LogP contribution in [0, 0.1) is 0 Å². The lowest BCUT2D eigenvalue weighted by molar-refractivity contribution is -0.0268. The number of rotatable bonds is 5. The molecule has 0 spiro atoms. The zero-order valence-corrected chi connectivity index (χ0v) is 15.2. The number of nitrogens with zero attached hydrogens (tertiary/aromatic N) is 2. The molecule has 0 radical (unpaired) electrons. The fraction of sp³-hybridized carbons (Fsp3) is 0.444. The summed E-state index contributed by atoms with van der Waals surface area (Å²) < 4.78 is 6.57. The molecule has 1 N–H and O–H groups in total. The van der Waals surface area contributed by atoms with Crippen molar-refractivity contribution in [1.82, 2.24) is 9.80 Å². The summed E-state index contributed by atoms with van der Waals surface area (Å²) in [5.74, 6) is -1.27. The molecule has 1 saturated heterocycles. The van der Waals surface area contributed by atoms with E-state index in [4.69, 9.17) is 4.74 Å². The van der Waals surface area contributed by atoms with Crippen LogP contribution in [-0.4, -0.2) is 73.2 Å². The molecule has 1 aliphatic heterocycles. The maximum Gasteiger partial charge on any atom is 0.338 e. The van der Waals surface area contributed by atoms with E-state index in [1.807, 2.05) is 26.2 Å². The van der Waals surface area contributed by atoms with Crippen molar-refractivity contribution in [1.29, 1.82) is 0 Å². The molecule has 0 saturated carbocycles. The molecule has 1 amide bonds. The number of morpholine rings is 1. The van der Waals surface area contributed by atoms with E-state index in [-0.39, 0.29) is 17.6 Å². The number of hydrogen-bond donors (Lipinski definition) is 1. The van der Waals surface area contributed by atoms with Crippen molar-refractivity contribution in [3.05, 3.63) is 34.7 Å². The van der Waals surface area contributed by atoms with Gasteiger partial charge in [0.05, 0.1) is 18.3 Å². The first-order valence-electron chi connectivity index (χ1n) is 8.28. The third kappa shape index (κ3) is 3.84. The number of amides is 1. The third-order valence-corrected chi connectivity index (χ3v) is 5.49. The van der Waals surface area contributed by atoms with Gasteiger partial charge in [-0.25, -0.2) is 4.79 Å². The monoisotopic (exact) mass is 362 g/mol. The quantitative estimate of drug-likeness (QED) is 0.884. The molecular formula is C18H22N2O4S. The standard InChI is InChI=1S/C18H22N2O4S/c1-19(2)8-7-12-11-20(9-10-24-12)17(21)16-15(18(22)23)13-5-3-4-6-14(13)25-16/h3-6,12H,7-11H2,1-2H3,(H,22,23). The Morgan fingerprint density at radius 2 is 2.12 bits per heavy atom. The Morgan fingerprint density at radius 3 is 2.84 bits per heavy atom. The molecule has 1 fully saturated rings. The van der Waals surface area contributed by atoms with Gasteiger partial charge in [0.1, 0.15) is 4.88 Å². The SMILES string of the molecule is CN(C)CCC1CN(C(=O)c2sc3ccccc3c2C(=O)O)CCO1. The molecule has 3 rings (SSSR count). The Morgan fingerprint density at radius 1 is 1.36 bits per heavy atom. The molecule has 1 aromatic heterocycles. The van der Waals surface area contributed by atoms with Crippen LogP contribution in [0.1, 0.15) is 26.5 Å². The number of carboxylic acids is 1. The lowest BCUT2D eigenvalue weighted by Gasteiger charge is -2.33. The molecule has 7 heteroatoms. The summed E-state index contributed by atoms with van der Waals surface area (Å²) in [5.41, 5.74) is 0.113. The van der Waals surface area contributed by atoms with E-state index in [1.54, 1.807) is 17.0 Å². The van der Waals surface area contributed by atoms with E-state index in [2.05, 4.69) is 4.90 Å². The van der Waals surface area contributed by atoms with E-state index < -0.39 is 5.97 Å². The number of thiophene rings is 1. The molecule has 25 heavy (non-hydrogen) atoms. The molecule has 1 unspecified atom stereocenters. The normalized spacial score (nSPS) is 18.0. The predicted molar refractivity (Wildman–Crippen MR) is 97.6 cm³/mol. The Balaban J connectivity index is 1.84. The van der Waals surface area contributed by atoms with Gasteiger partial charge < -0.3 is 19.6 Å². The summed E-state index contributed by atoms with van der Waals surface area (Å²) in [7, 11) is 4.00. The second-order valence-corrected chi connectivity index (χ2v) is 7.50. The van der Waals surface area contributed by atoms with Crippen LogP contribution in [0.25, 0.3) is 10.1 Å². The van der Waals surface area contributed by atoms with Gasteiger partial charge >= 0.3 is 5.97 Å². The summed E-state index contributed by atoms with van der Waals surface area (Å²) in [5, 5.41) is 10.2. The first-order chi connectivity index (χ1) is 12.0. The van der Waals surface area contributed by atoms with Crippen LogP contribution in [0.2, 0.25) is 0 Å². The van der Waals surface area contributed by atoms with Crippen LogP contribution in [0.5, 0.6) is 0 Å². The number of aromatic carboxylic acids is 1. The minimum atomic E-state index is -1.06. The number of fused-ring (bicyclic) bond motifs is 1. The lowest BCUT2D eigenvalue weighted by Crippen LogP contribution is -2.46. The highest BCUT2D eigenvalue weighted by molar-refractivity contribution is 7.21. The van der Waals surface area contributed by atoms with Crippen LogP contribution in [-0.2, 0) is 4.74 Å². The van der Waals surface area contributed by atoms with Gasteiger partial charge in [-0.2, -0.15) is 0 Å². The van der Waals surface area contributed by atoms with Crippen LogP contribution in [0.15, 0.2) is 24.3 Å². The Bertz CT molecular complexity index is 786. The van der Waals surface area contributed by atoms with Crippen molar-refractivity contribution in [3.63, 3.8) is 0 Å². The second-order valence-electron chi connectivity index (χ2n) is 6.44. The smallest absolute Gasteiger partial charge is 0.338 e. The third-order valence-electron chi connectivity index (χ3n) is 4.33. The average Bonchev–Trinajstić information content (AvgIpc) is 2.99. The van der Waals surface area contributed by atoms with E-state index in [1.165, 1.54) is 11.3 Å². The highest BCUT2D eigenvalue weighted by Crippen LogP contribution is 2.32. The highest BCUT2D eigenvalue weighted by atomic mass is 32.1. The fourth-order valence-electron chi connectivity index (χ4n) is 3.03. The first-order valence-corrected chi connectivity index (χ1v) is 9.09. The van der Waals surface area contributed by atoms with Crippen LogP contribution >= 0.6 is 11.3 Å². The van der Waals surface area contributed by atoms with E-state index in [0.29, 0.717) is 30.0 Å². The molecule has 2 heterocycles. The molecule has 1 aromatic carbocycles. The molecule has 1 aliphatic rings. The summed E-state index contributed by atoms with van der Waals surface area (Å²) in [6.07, 6.45) is 0.831. The van der Waals surface area contributed by atoms with Crippen molar-refractivity contribution in [3.8, 4) is 0 Å². The minimum Gasteiger partial charge on any atom is -0.478 e. The maximum absolute atomic E-state index is 13.0. The zero-order valence-electron chi connectivity index (χ0n) is 14.4. The number of benzene rings is 1. The van der Waals surface area contributed by atoms with Gasteiger partial charge in [-0.3, -0.25) is 4.79 Å². The molecule has 2 aromatic rings. The van der Waals surface area contributed by atoms with Gasteiger partial charge in [-0.15, -0.1) is 11.3 Å². The fourth-order valence-corrected chi connectivity index (χ4v) is 4.19. The maximum atomic E-state index is 13.0. The van der Waals surface area contributed by atoms with Gasteiger partial charge in [0, 0.05) is 29.7 Å². The Kier molecular flexibility index (Phi) is 5.36. The lowest BCUT2D eigenvalue weighted by atomic mass is 10.1. The van der Waals surface area contributed by atoms with Crippen molar-refractivity contribution in [2.75, 3.05) is 40.3 Å². The van der Waals surface area contributed by atoms with Crippen molar-refractivity contribution >= 4 is 33.3 Å². The number of carbonyl (C=O) groups excluding carboxylic acids is 1. The summed E-state index contributed by atoms with van der Waals surface area (Å²) in [4.78, 5) is 28.8. The summed E-state index contributed by atoms with van der Waals surface area (Å²) in [6, 6.07) is 7.25. The number of carbonyl (C=O) groups is 2.